The highest BCUT2D eigenvalue weighted by atomic mass is 35.5. The Balaban J connectivity index is 1.51. The average Bonchev–Trinajstić information content (AvgIpc) is 3.05. The summed E-state index contributed by atoms with van der Waals surface area (Å²) in [5.74, 6) is 7.02. The summed E-state index contributed by atoms with van der Waals surface area (Å²) >= 11 is 6.39. The van der Waals surface area contributed by atoms with Crippen molar-refractivity contribution in [2.45, 2.75) is 51.4 Å². The largest absolute Gasteiger partial charge is 0.356 e. The molecule has 0 saturated heterocycles. The van der Waals surface area contributed by atoms with Gasteiger partial charge in [0, 0.05) is 24.4 Å². The topological polar surface area (TPSA) is 41.1 Å². The summed E-state index contributed by atoms with van der Waals surface area (Å²) < 4.78 is 0. The van der Waals surface area contributed by atoms with E-state index in [-0.39, 0.29) is 11.8 Å². The molecular formula is C21H27ClN2O. The normalized spacial score (nSPS) is 17.3. The van der Waals surface area contributed by atoms with Crippen LogP contribution >= 0.6 is 11.6 Å². The number of rotatable bonds is 4. The third-order valence-corrected chi connectivity index (χ3v) is 5.51. The molecule has 4 heteroatoms. The molecular weight excluding hydrogens is 332 g/mol. The van der Waals surface area contributed by atoms with Gasteiger partial charge in [0.1, 0.15) is 0 Å². The summed E-state index contributed by atoms with van der Waals surface area (Å²) in [6, 6.07) is 4.10. The Kier molecular flexibility index (Phi) is 6.78. The Bertz CT molecular complexity index is 668. The first-order valence-corrected chi connectivity index (χ1v) is 9.91. The van der Waals surface area contributed by atoms with E-state index in [0.717, 1.165) is 62.2 Å². The van der Waals surface area contributed by atoms with E-state index >= 15 is 0 Å². The van der Waals surface area contributed by atoms with Crippen LogP contribution in [0.1, 0.15) is 55.2 Å². The lowest BCUT2D eigenvalue weighted by molar-refractivity contribution is -0.124. The molecule has 1 heterocycles. The van der Waals surface area contributed by atoms with E-state index in [4.69, 9.17) is 11.6 Å². The van der Waals surface area contributed by atoms with E-state index in [1.165, 1.54) is 24.0 Å². The number of amides is 1. The van der Waals surface area contributed by atoms with Crippen LogP contribution in [-0.2, 0) is 17.6 Å². The Labute approximate surface area is 155 Å². The van der Waals surface area contributed by atoms with E-state index in [9.17, 15) is 4.79 Å². The fourth-order valence-corrected chi connectivity index (χ4v) is 3.97. The lowest BCUT2D eigenvalue weighted by Gasteiger charge is -2.10. The second-order valence-corrected chi connectivity index (χ2v) is 7.40. The van der Waals surface area contributed by atoms with Crippen molar-refractivity contribution in [3.8, 4) is 11.8 Å². The molecule has 1 amide bonds. The van der Waals surface area contributed by atoms with Crippen LogP contribution < -0.4 is 10.6 Å². The maximum atomic E-state index is 12.0. The fraction of sp³-hybridized carbons (Fsp3) is 0.571. The van der Waals surface area contributed by atoms with Gasteiger partial charge in [0.05, 0.1) is 5.02 Å². The van der Waals surface area contributed by atoms with Gasteiger partial charge in [0.25, 0.3) is 0 Å². The van der Waals surface area contributed by atoms with Crippen LogP contribution in [-0.4, -0.2) is 25.5 Å². The molecule has 0 atom stereocenters. The molecule has 0 radical (unpaired) electrons. The van der Waals surface area contributed by atoms with Crippen LogP contribution in [0.2, 0.25) is 5.02 Å². The summed E-state index contributed by atoms with van der Waals surface area (Å²) in [6.07, 6.45) is 8.19. The molecule has 0 unspecified atom stereocenters. The molecule has 1 aromatic rings. The number of benzene rings is 1. The van der Waals surface area contributed by atoms with Crippen molar-refractivity contribution in [1.29, 1.82) is 0 Å². The minimum absolute atomic E-state index is 0.231. The SMILES string of the molecule is O=C(NCCCC#Cc1c(Cl)ccc2c1CCNCC2)C1CCCC1. The van der Waals surface area contributed by atoms with Crippen LogP contribution in [0, 0.1) is 17.8 Å². The van der Waals surface area contributed by atoms with Crippen molar-refractivity contribution in [1.82, 2.24) is 10.6 Å². The average molecular weight is 359 g/mol. The molecule has 1 aliphatic heterocycles. The third-order valence-electron chi connectivity index (χ3n) is 5.20. The summed E-state index contributed by atoms with van der Waals surface area (Å²) in [4.78, 5) is 12.0. The van der Waals surface area contributed by atoms with Crippen LogP contribution in [0.4, 0.5) is 0 Å². The first-order valence-electron chi connectivity index (χ1n) is 9.53. The Morgan fingerprint density at radius 1 is 1.24 bits per heavy atom. The van der Waals surface area contributed by atoms with Gasteiger partial charge >= 0.3 is 0 Å². The van der Waals surface area contributed by atoms with Crippen molar-refractivity contribution in [3.63, 3.8) is 0 Å². The second kappa shape index (κ2) is 9.27. The minimum atomic E-state index is 0.231. The maximum absolute atomic E-state index is 12.0. The number of halogens is 1. The van der Waals surface area contributed by atoms with Gasteiger partial charge in [0.2, 0.25) is 5.91 Å². The summed E-state index contributed by atoms with van der Waals surface area (Å²) in [5.41, 5.74) is 3.67. The highest BCUT2D eigenvalue weighted by molar-refractivity contribution is 6.31. The van der Waals surface area contributed by atoms with Gasteiger partial charge in [-0.05, 0) is 62.4 Å². The number of hydrogen-bond acceptors (Lipinski definition) is 2. The molecule has 3 rings (SSSR count). The van der Waals surface area contributed by atoms with Crippen molar-refractivity contribution in [2.24, 2.45) is 5.92 Å². The van der Waals surface area contributed by atoms with E-state index in [2.05, 4.69) is 28.5 Å². The smallest absolute Gasteiger partial charge is 0.223 e. The highest BCUT2D eigenvalue weighted by Crippen LogP contribution is 2.25. The zero-order valence-corrected chi connectivity index (χ0v) is 15.6. The molecule has 1 fully saturated rings. The van der Waals surface area contributed by atoms with Crippen LogP contribution in [0.5, 0.6) is 0 Å². The van der Waals surface area contributed by atoms with E-state index in [1.807, 2.05) is 6.07 Å². The fourth-order valence-electron chi connectivity index (χ4n) is 3.75. The number of nitrogens with one attached hydrogen (secondary N) is 2. The third kappa shape index (κ3) is 5.00. The molecule has 1 aliphatic carbocycles. The molecule has 1 saturated carbocycles. The standard InChI is InChI=1S/C21H27ClN2O/c22-20-10-9-16-11-14-23-15-12-18(16)19(20)8-2-1-5-13-24-21(25)17-6-3-4-7-17/h9-10,17,23H,1,3-7,11-15H2,(H,24,25). The van der Waals surface area contributed by atoms with Gasteiger partial charge in [-0.25, -0.2) is 0 Å². The number of fused-ring (bicyclic) bond motifs is 1. The molecule has 3 nitrogen and oxygen atoms in total. The van der Waals surface area contributed by atoms with Crippen molar-refractivity contribution in [2.75, 3.05) is 19.6 Å². The van der Waals surface area contributed by atoms with Crippen LogP contribution in [0.3, 0.4) is 0 Å². The molecule has 0 aromatic heterocycles. The number of carbonyl (C=O) groups excluding carboxylic acids is 1. The van der Waals surface area contributed by atoms with Crippen LogP contribution in [0.25, 0.3) is 0 Å². The summed E-state index contributed by atoms with van der Waals surface area (Å²) in [7, 11) is 0. The zero-order chi connectivity index (χ0) is 17.5. The maximum Gasteiger partial charge on any atom is 0.223 e. The Hall–Kier alpha value is -1.50. The molecule has 2 aliphatic rings. The lowest BCUT2D eigenvalue weighted by Crippen LogP contribution is -2.29. The predicted molar refractivity (Wildman–Crippen MR) is 103 cm³/mol. The first kappa shape index (κ1) is 18.3. The van der Waals surface area contributed by atoms with E-state index in [0.29, 0.717) is 6.54 Å². The quantitative estimate of drug-likeness (QED) is 0.639. The lowest BCUT2D eigenvalue weighted by atomic mass is 9.97. The molecule has 25 heavy (non-hydrogen) atoms. The molecule has 0 spiro atoms. The monoisotopic (exact) mass is 358 g/mol. The second-order valence-electron chi connectivity index (χ2n) is 6.99. The number of hydrogen-bond donors (Lipinski definition) is 2. The van der Waals surface area contributed by atoms with Gasteiger partial charge in [0.15, 0.2) is 0 Å². The van der Waals surface area contributed by atoms with Gasteiger partial charge in [-0.2, -0.15) is 0 Å². The highest BCUT2D eigenvalue weighted by Gasteiger charge is 2.21. The van der Waals surface area contributed by atoms with Crippen LogP contribution in [0.15, 0.2) is 12.1 Å². The number of unbranched alkanes of at least 4 members (excludes halogenated alkanes) is 1. The molecule has 0 bridgehead atoms. The van der Waals surface area contributed by atoms with E-state index in [1.54, 1.807) is 0 Å². The molecule has 2 N–H and O–H groups in total. The minimum Gasteiger partial charge on any atom is -0.356 e. The summed E-state index contributed by atoms with van der Waals surface area (Å²) in [5, 5.41) is 7.23. The van der Waals surface area contributed by atoms with Crippen molar-refractivity contribution < 1.29 is 4.79 Å². The zero-order valence-electron chi connectivity index (χ0n) is 14.8. The van der Waals surface area contributed by atoms with Gasteiger partial charge in [-0.15, -0.1) is 0 Å². The predicted octanol–water partition coefficient (Wildman–Crippen LogP) is 3.47. The molecule has 1 aromatic carbocycles. The van der Waals surface area contributed by atoms with Crippen molar-refractivity contribution >= 4 is 17.5 Å². The van der Waals surface area contributed by atoms with Gasteiger partial charge in [-0.1, -0.05) is 42.3 Å². The Morgan fingerprint density at radius 2 is 2.04 bits per heavy atom. The van der Waals surface area contributed by atoms with E-state index < -0.39 is 0 Å². The molecule has 134 valence electrons. The number of carbonyl (C=O) groups is 1. The Morgan fingerprint density at radius 3 is 2.88 bits per heavy atom. The first-order chi connectivity index (χ1) is 12.3. The van der Waals surface area contributed by atoms with Gasteiger partial charge in [-0.3, -0.25) is 4.79 Å². The van der Waals surface area contributed by atoms with Crippen molar-refractivity contribution in [3.05, 3.63) is 33.8 Å². The van der Waals surface area contributed by atoms with Gasteiger partial charge < -0.3 is 10.6 Å². The summed E-state index contributed by atoms with van der Waals surface area (Å²) in [6.45, 7) is 2.71.